The zero-order chi connectivity index (χ0) is 22.7. The number of quaternary nitrogens is 1. The summed E-state index contributed by atoms with van der Waals surface area (Å²) in [6, 6.07) is 15.2. The van der Waals surface area contributed by atoms with E-state index in [0.717, 1.165) is 35.9 Å². The molecule has 2 heterocycles. The summed E-state index contributed by atoms with van der Waals surface area (Å²) < 4.78 is 6.16. The number of para-hydroxylation sites is 1. The van der Waals surface area contributed by atoms with Gasteiger partial charge in [0.2, 0.25) is 0 Å². The SMILES string of the molecule is C=C[C@@]1(C)CC[C@H]([C@@H](OC(=O)Cc2c(Cl)cccc2Cl)c2ccnc3ccccc23)[NH2+]C1. The third-order valence-electron chi connectivity index (χ3n) is 6.45. The number of benzene rings is 2. The molecule has 6 heteroatoms. The number of nitrogens with zero attached hydrogens (tertiary/aromatic N) is 1. The van der Waals surface area contributed by atoms with E-state index in [1.807, 2.05) is 36.4 Å². The molecule has 0 unspecified atom stereocenters. The second kappa shape index (κ2) is 9.62. The minimum atomic E-state index is -0.411. The average Bonchev–Trinajstić information content (AvgIpc) is 2.80. The van der Waals surface area contributed by atoms with Gasteiger partial charge >= 0.3 is 5.97 Å². The molecule has 2 N–H and O–H groups in total. The Labute approximate surface area is 198 Å². The molecule has 0 saturated carbocycles. The molecule has 0 radical (unpaired) electrons. The number of ether oxygens (including phenoxy) is 1. The molecule has 4 nitrogen and oxygen atoms in total. The van der Waals surface area contributed by atoms with Crippen LogP contribution >= 0.6 is 23.2 Å². The monoisotopic (exact) mass is 469 g/mol. The van der Waals surface area contributed by atoms with Gasteiger partial charge in [-0.3, -0.25) is 9.78 Å². The molecule has 32 heavy (non-hydrogen) atoms. The van der Waals surface area contributed by atoms with Crippen molar-refractivity contribution in [1.82, 2.24) is 4.98 Å². The Morgan fingerprint density at radius 3 is 2.69 bits per heavy atom. The van der Waals surface area contributed by atoms with Gasteiger partial charge < -0.3 is 10.1 Å². The maximum Gasteiger partial charge on any atom is 0.311 e. The van der Waals surface area contributed by atoms with Crippen molar-refractivity contribution < 1.29 is 14.8 Å². The van der Waals surface area contributed by atoms with Crippen molar-refractivity contribution in [3.8, 4) is 0 Å². The summed E-state index contributed by atoms with van der Waals surface area (Å²) in [5, 5.41) is 4.20. The summed E-state index contributed by atoms with van der Waals surface area (Å²) >= 11 is 12.6. The molecule has 1 aliphatic heterocycles. The van der Waals surface area contributed by atoms with Gasteiger partial charge in [-0.15, -0.1) is 6.58 Å². The first kappa shape index (κ1) is 22.8. The Morgan fingerprint density at radius 1 is 1.25 bits per heavy atom. The largest absolute Gasteiger partial charge is 0.451 e. The highest BCUT2D eigenvalue weighted by Gasteiger charge is 2.38. The number of piperidine rings is 1. The first-order valence-electron chi connectivity index (χ1n) is 10.8. The fourth-order valence-electron chi connectivity index (χ4n) is 4.37. The van der Waals surface area contributed by atoms with E-state index in [0.29, 0.717) is 15.6 Å². The highest BCUT2D eigenvalue weighted by Crippen LogP contribution is 2.34. The average molecular weight is 470 g/mol. The quantitative estimate of drug-likeness (QED) is 0.394. The number of hydrogen-bond acceptors (Lipinski definition) is 3. The molecular formula is C26H27Cl2N2O2+. The summed E-state index contributed by atoms with van der Waals surface area (Å²) in [5.74, 6) is -0.351. The van der Waals surface area contributed by atoms with E-state index in [9.17, 15) is 4.79 Å². The smallest absolute Gasteiger partial charge is 0.311 e. The molecule has 1 aromatic heterocycles. The lowest BCUT2D eigenvalue weighted by Crippen LogP contribution is -2.95. The van der Waals surface area contributed by atoms with Crippen molar-refractivity contribution in [2.75, 3.05) is 6.54 Å². The van der Waals surface area contributed by atoms with E-state index in [4.69, 9.17) is 27.9 Å². The Kier molecular flexibility index (Phi) is 6.85. The van der Waals surface area contributed by atoms with Crippen molar-refractivity contribution in [2.45, 2.75) is 38.3 Å². The minimum Gasteiger partial charge on any atom is -0.451 e. The normalized spacial score (nSPS) is 21.8. The Hall–Kier alpha value is -2.40. The number of nitrogens with two attached hydrogens (primary N) is 1. The first-order chi connectivity index (χ1) is 15.4. The minimum absolute atomic E-state index is 0.0229. The molecule has 3 atom stereocenters. The van der Waals surface area contributed by atoms with Gasteiger partial charge in [0.15, 0.2) is 6.10 Å². The predicted molar refractivity (Wildman–Crippen MR) is 129 cm³/mol. The predicted octanol–water partition coefficient (Wildman–Crippen LogP) is 5.29. The molecule has 166 valence electrons. The van der Waals surface area contributed by atoms with Crippen LogP contribution in [0.3, 0.4) is 0 Å². The molecule has 1 fully saturated rings. The topological polar surface area (TPSA) is 55.8 Å². The lowest BCUT2D eigenvalue weighted by atomic mass is 9.79. The molecule has 0 aliphatic carbocycles. The number of esters is 1. The molecule has 1 saturated heterocycles. The number of rotatable bonds is 6. The number of pyridine rings is 1. The van der Waals surface area contributed by atoms with Crippen molar-refractivity contribution in [3.05, 3.63) is 88.6 Å². The summed E-state index contributed by atoms with van der Waals surface area (Å²) in [5.41, 5.74) is 2.52. The molecule has 0 amide bonds. The van der Waals surface area contributed by atoms with Gasteiger partial charge in [0.1, 0.15) is 6.04 Å². The standard InChI is InChI=1S/C26H26Cl2N2O2/c1-3-26(2)13-11-23(30-16-26)25(18-12-14-29-22-10-5-4-7-17(18)22)32-24(31)15-19-20(27)8-6-9-21(19)28/h3-10,12,14,23,25,30H,1,11,13,15-16H2,2H3/p+1/t23-,25+,26+/m1/s1. The van der Waals surface area contributed by atoms with Crippen LogP contribution in [0.25, 0.3) is 10.9 Å². The molecule has 4 rings (SSSR count). The van der Waals surface area contributed by atoms with Gasteiger partial charge in [-0.2, -0.15) is 0 Å². The van der Waals surface area contributed by atoms with E-state index >= 15 is 0 Å². The molecule has 1 aliphatic rings. The highest BCUT2D eigenvalue weighted by molar-refractivity contribution is 6.36. The zero-order valence-electron chi connectivity index (χ0n) is 18.1. The van der Waals surface area contributed by atoms with Gasteiger partial charge in [0, 0.05) is 44.6 Å². The van der Waals surface area contributed by atoms with Crippen LogP contribution in [0.5, 0.6) is 0 Å². The van der Waals surface area contributed by atoms with Gasteiger partial charge in [-0.05, 0) is 30.7 Å². The maximum atomic E-state index is 13.1. The fourth-order valence-corrected chi connectivity index (χ4v) is 4.90. The van der Waals surface area contributed by atoms with Crippen LogP contribution in [-0.2, 0) is 16.0 Å². The van der Waals surface area contributed by atoms with E-state index in [1.54, 1.807) is 24.4 Å². The van der Waals surface area contributed by atoms with E-state index in [-0.39, 0.29) is 23.8 Å². The Balaban J connectivity index is 1.65. The van der Waals surface area contributed by atoms with E-state index in [1.165, 1.54) is 0 Å². The molecular weight excluding hydrogens is 443 g/mol. The van der Waals surface area contributed by atoms with E-state index in [2.05, 4.69) is 23.8 Å². The van der Waals surface area contributed by atoms with Gasteiger partial charge in [0.25, 0.3) is 0 Å². The van der Waals surface area contributed by atoms with E-state index < -0.39 is 6.10 Å². The van der Waals surface area contributed by atoms with Crippen molar-refractivity contribution >= 4 is 40.1 Å². The summed E-state index contributed by atoms with van der Waals surface area (Å²) in [7, 11) is 0. The molecule has 0 bridgehead atoms. The highest BCUT2D eigenvalue weighted by atomic mass is 35.5. The molecule has 3 aromatic rings. The number of carbonyl (C=O) groups excluding carboxylic acids is 1. The maximum absolute atomic E-state index is 13.1. The molecule has 2 aromatic carbocycles. The first-order valence-corrected chi connectivity index (χ1v) is 11.6. The number of fused-ring (bicyclic) bond motifs is 1. The van der Waals surface area contributed by atoms with Crippen molar-refractivity contribution in [1.29, 1.82) is 0 Å². The third kappa shape index (κ3) is 4.83. The van der Waals surface area contributed by atoms with Gasteiger partial charge in [-0.1, -0.05) is 60.5 Å². The van der Waals surface area contributed by atoms with Crippen LogP contribution in [0.1, 0.15) is 37.0 Å². The second-order valence-electron chi connectivity index (χ2n) is 8.71. The van der Waals surface area contributed by atoms with Crippen LogP contribution in [-0.4, -0.2) is 23.5 Å². The summed E-state index contributed by atoms with van der Waals surface area (Å²) in [4.78, 5) is 17.6. The van der Waals surface area contributed by atoms with Crippen LogP contribution in [0.15, 0.2) is 67.4 Å². The Bertz CT molecular complexity index is 1110. The molecule has 0 spiro atoms. The number of carbonyl (C=O) groups is 1. The lowest BCUT2D eigenvalue weighted by molar-refractivity contribution is -0.715. The zero-order valence-corrected chi connectivity index (χ0v) is 19.6. The second-order valence-corrected chi connectivity index (χ2v) is 9.52. The lowest BCUT2D eigenvalue weighted by Gasteiger charge is -2.36. The van der Waals surface area contributed by atoms with Gasteiger partial charge in [0.05, 0.1) is 18.5 Å². The van der Waals surface area contributed by atoms with Crippen LogP contribution in [0.4, 0.5) is 0 Å². The number of halogens is 2. The van der Waals surface area contributed by atoms with Crippen molar-refractivity contribution in [2.24, 2.45) is 5.41 Å². The van der Waals surface area contributed by atoms with Crippen LogP contribution < -0.4 is 5.32 Å². The van der Waals surface area contributed by atoms with Crippen LogP contribution in [0.2, 0.25) is 10.0 Å². The number of aromatic nitrogens is 1. The van der Waals surface area contributed by atoms with Gasteiger partial charge in [-0.25, -0.2) is 0 Å². The summed E-state index contributed by atoms with van der Waals surface area (Å²) in [6.07, 6.45) is 5.32. The summed E-state index contributed by atoms with van der Waals surface area (Å²) in [6.45, 7) is 7.11. The Morgan fingerprint density at radius 2 is 2.00 bits per heavy atom. The third-order valence-corrected chi connectivity index (χ3v) is 7.16. The fraction of sp³-hybridized carbons (Fsp3) is 0.308. The van der Waals surface area contributed by atoms with Crippen molar-refractivity contribution in [3.63, 3.8) is 0 Å². The van der Waals surface area contributed by atoms with Crippen LogP contribution in [0, 0.1) is 5.41 Å². The number of hydrogen-bond donors (Lipinski definition) is 1.